The predicted molar refractivity (Wildman–Crippen MR) is 143 cm³/mol. The van der Waals surface area contributed by atoms with Crippen LogP contribution < -0.4 is 10.1 Å². The van der Waals surface area contributed by atoms with Gasteiger partial charge in [-0.1, -0.05) is 77.5 Å². The fourth-order valence-corrected chi connectivity index (χ4v) is 4.29. The van der Waals surface area contributed by atoms with Crippen molar-refractivity contribution in [2.75, 3.05) is 7.11 Å². The maximum Gasteiger partial charge on any atom is 0.243 e. The second kappa shape index (κ2) is 13.1. The number of nitrogens with one attached hydrogen (secondary N) is 1. The van der Waals surface area contributed by atoms with Crippen molar-refractivity contribution in [3.8, 4) is 5.75 Å². The summed E-state index contributed by atoms with van der Waals surface area (Å²) in [4.78, 5) is 29.0. The average Bonchev–Trinajstić information content (AvgIpc) is 2.87. The van der Waals surface area contributed by atoms with Crippen molar-refractivity contribution in [2.45, 2.75) is 51.7 Å². The van der Waals surface area contributed by atoms with Crippen LogP contribution >= 0.6 is 15.9 Å². The van der Waals surface area contributed by atoms with Gasteiger partial charge in [0.05, 0.1) is 13.5 Å². The standard InChI is InChI=1S/C29H33BrN2O3/c1-4-21(2)31-29(34)27(18-22-9-6-5-7-10-22)32(20-24-11-8-12-25(30)17-24)28(33)19-23-13-15-26(35-3)16-14-23/h5-17,21,27H,4,18-20H2,1-3H3,(H,31,34)/t21-,27+/m0/s1. The molecule has 2 atom stereocenters. The van der Waals surface area contributed by atoms with Crippen LogP contribution in [-0.2, 0) is 29.0 Å². The molecule has 1 N–H and O–H groups in total. The highest BCUT2D eigenvalue weighted by atomic mass is 79.9. The van der Waals surface area contributed by atoms with Gasteiger partial charge in [0.1, 0.15) is 11.8 Å². The first-order valence-corrected chi connectivity index (χ1v) is 12.7. The van der Waals surface area contributed by atoms with E-state index < -0.39 is 6.04 Å². The molecule has 0 bridgehead atoms. The van der Waals surface area contributed by atoms with Gasteiger partial charge in [-0.25, -0.2) is 0 Å². The molecule has 3 rings (SSSR count). The van der Waals surface area contributed by atoms with Gasteiger partial charge in [0, 0.05) is 23.5 Å². The summed E-state index contributed by atoms with van der Waals surface area (Å²) >= 11 is 3.52. The molecule has 0 saturated heterocycles. The van der Waals surface area contributed by atoms with Gasteiger partial charge >= 0.3 is 0 Å². The number of amides is 2. The lowest BCUT2D eigenvalue weighted by atomic mass is 10.0. The van der Waals surface area contributed by atoms with E-state index in [9.17, 15) is 9.59 Å². The van der Waals surface area contributed by atoms with E-state index in [-0.39, 0.29) is 24.3 Å². The monoisotopic (exact) mass is 536 g/mol. The quantitative estimate of drug-likeness (QED) is 0.349. The number of hydrogen-bond donors (Lipinski definition) is 1. The Morgan fingerprint density at radius 2 is 1.63 bits per heavy atom. The number of benzene rings is 3. The molecule has 0 fully saturated rings. The van der Waals surface area contributed by atoms with Crippen molar-refractivity contribution >= 4 is 27.7 Å². The summed E-state index contributed by atoms with van der Waals surface area (Å²) < 4.78 is 6.17. The third kappa shape index (κ3) is 7.96. The Balaban J connectivity index is 1.95. The minimum absolute atomic E-state index is 0.0187. The van der Waals surface area contributed by atoms with Crippen LogP contribution in [0.2, 0.25) is 0 Å². The number of carbonyl (C=O) groups excluding carboxylic acids is 2. The number of nitrogens with zero attached hydrogens (tertiary/aromatic N) is 1. The minimum Gasteiger partial charge on any atom is -0.497 e. The molecule has 0 spiro atoms. The first kappa shape index (κ1) is 26.5. The molecule has 184 valence electrons. The summed E-state index contributed by atoms with van der Waals surface area (Å²) in [6.45, 7) is 4.35. The number of methoxy groups -OCH3 is 1. The number of halogens is 1. The smallest absolute Gasteiger partial charge is 0.243 e. The van der Waals surface area contributed by atoms with Crippen LogP contribution in [0.25, 0.3) is 0 Å². The van der Waals surface area contributed by atoms with E-state index in [0.29, 0.717) is 13.0 Å². The summed E-state index contributed by atoms with van der Waals surface area (Å²) in [6, 6.07) is 24.5. The van der Waals surface area contributed by atoms with E-state index in [1.807, 2.05) is 92.7 Å². The Labute approximate surface area is 216 Å². The van der Waals surface area contributed by atoms with Crippen molar-refractivity contribution in [2.24, 2.45) is 0 Å². The summed E-state index contributed by atoms with van der Waals surface area (Å²) in [6.07, 6.45) is 1.45. The van der Waals surface area contributed by atoms with Crippen molar-refractivity contribution in [1.82, 2.24) is 10.2 Å². The fraction of sp³-hybridized carbons (Fsp3) is 0.310. The first-order valence-electron chi connectivity index (χ1n) is 11.9. The maximum absolute atomic E-state index is 13.8. The Kier molecular flexibility index (Phi) is 9.91. The van der Waals surface area contributed by atoms with Crippen molar-refractivity contribution in [1.29, 1.82) is 0 Å². The largest absolute Gasteiger partial charge is 0.497 e. The van der Waals surface area contributed by atoms with Crippen LogP contribution in [0.4, 0.5) is 0 Å². The topological polar surface area (TPSA) is 58.6 Å². The fourth-order valence-electron chi connectivity index (χ4n) is 3.85. The number of ether oxygens (including phenoxy) is 1. The van der Waals surface area contributed by atoms with Gasteiger partial charge in [-0.2, -0.15) is 0 Å². The molecule has 5 nitrogen and oxygen atoms in total. The second-order valence-electron chi connectivity index (χ2n) is 8.70. The molecule has 0 aromatic heterocycles. The third-order valence-electron chi connectivity index (χ3n) is 6.03. The van der Waals surface area contributed by atoms with Gasteiger partial charge in [-0.05, 0) is 54.3 Å². The van der Waals surface area contributed by atoms with Crippen LogP contribution in [0.3, 0.4) is 0 Å². The van der Waals surface area contributed by atoms with Gasteiger partial charge in [-0.3, -0.25) is 9.59 Å². The third-order valence-corrected chi connectivity index (χ3v) is 6.52. The maximum atomic E-state index is 13.8. The lowest BCUT2D eigenvalue weighted by molar-refractivity contribution is -0.141. The molecule has 0 aliphatic heterocycles. The summed E-state index contributed by atoms with van der Waals surface area (Å²) in [5.41, 5.74) is 2.83. The van der Waals surface area contributed by atoms with Crippen LogP contribution in [0, 0.1) is 0 Å². The number of hydrogen-bond acceptors (Lipinski definition) is 3. The molecule has 0 unspecified atom stereocenters. The summed E-state index contributed by atoms with van der Waals surface area (Å²) in [5, 5.41) is 3.10. The molecular weight excluding hydrogens is 504 g/mol. The van der Waals surface area contributed by atoms with Gasteiger partial charge in [-0.15, -0.1) is 0 Å². The van der Waals surface area contributed by atoms with Gasteiger partial charge in [0.25, 0.3) is 0 Å². The highest BCUT2D eigenvalue weighted by Crippen LogP contribution is 2.20. The number of carbonyl (C=O) groups is 2. The Bertz CT molecular complexity index is 1100. The molecule has 3 aromatic rings. The van der Waals surface area contributed by atoms with Gasteiger partial charge in [0.2, 0.25) is 11.8 Å². The second-order valence-corrected chi connectivity index (χ2v) is 9.62. The van der Waals surface area contributed by atoms with E-state index in [0.717, 1.165) is 33.3 Å². The highest BCUT2D eigenvalue weighted by molar-refractivity contribution is 9.10. The van der Waals surface area contributed by atoms with Crippen molar-refractivity contribution in [3.05, 3.63) is 100 Å². The Morgan fingerprint density at radius 1 is 0.943 bits per heavy atom. The van der Waals surface area contributed by atoms with Crippen LogP contribution in [-0.4, -0.2) is 35.9 Å². The molecule has 0 aliphatic rings. The zero-order valence-corrected chi connectivity index (χ0v) is 22.1. The molecule has 3 aromatic carbocycles. The van der Waals surface area contributed by atoms with E-state index in [2.05, 4.69) is 21.2 Å². The predicted octanol–water partition coefficient (Wildman–Crippen LogP) is 5.56. The van der Waals surface area contributed by atoms with Gasteiger partial charge in [0.15, 0.2) is 0 Å². The van der Waals surface area contributed by atoms with E-state index in [1.165, 1.54) is 0 Å². The molecule has 6 heteroatoms. The summed E-state index contributed by atoms with van der Waals surface area (Å²) in [5.74, 6) is 0.499. The van der Waals surface area contributed by atoms with Crippen molar-refractivity contribution < 1.29 is 14.3 Å². The molecule has 0 saturated carbocycles. The molecular formula is C29H33BrN2O3. The molecule has 2 amide bonds. The Morgan fingerprint density at radius 3 is 2.26 bits per heavy atom. The summed E-state index contributed by atoms with van der Waals surface area (Å²) in [7, 11) is 1.62. The SMILES string of the molecule is CC[C@H](C)NC(=O)[C@@H](Cc1ccccc1)N(Cc1cccc(Br)c1)C(=O)Cc1ccc(OC)cc1. The van der Waals surface area contributed by atoms with Crippen LogP contribution in [0.1, 0.15) is 37.0 Å². The zero-order chi connectivity index (χ0) is 25.2. The van der Waals surface area contributed by atoms with Crippen LogP contribution in [0.15, 0.2) is 83.3 Å². The molecule has 0 aliphatic carbocycles. The average molecular weight is 537 g/mol. The Hall–Kier alpha value is -3.12. The van der Waals surface area contributed by atoms with Crippen LogP contribution in [0.5, 0.6) is 5.75 Å². The molecule has 35 heavy (non-hydrogen) atoms. The van der Waals surface area contributed by atoms with Crippen molar-refractivity contribution in [3.63, 3.8) is 0 Å². The lowest BCUT2D eigenvalue weighted by Crippen LogP contribution is -2.52. The zero-order valence-electron chi connectivity index (χ0n) is 20.5. The molecule has 0 radical (unpaired) electrons. The minimum atomic E-state index is -0.642. The normalized spacial score (nSPS) is 12.5. The van der Waals surface area contributed by atoms with E-state index >= 15 is 0 Å². The van der Waals surface area contributed by atoms with E-state index in [1.54, 1.807) is 12.0 Å². The van der Waals surface area contributed by atoms with Gasteiger partial charge < -0.3 is 15.0 Å². The number of rotatable bonds is 11. The van der Waals surface area contributed by atoms with E-state index in [4.69, 9.17) is 4.74 Å². The first-order chi connectivity index (χ1) is 16.9. The lowest BCUT2D eigenvalue weighted by Gasteiger charge is -2.32. The molecule has 0 heterocycles. The highest BCUT2D eigenvalue weighted by Gasteiger charge is 2.31.